The van der Waals surface area contributed by atoms with E-state index in [4.69, 9.17) is 27.9 Å². The Morgan fingerprint density at radius 2 is 1.85 bits per heavy atom. The van der Waals surface area contributed by atoms with Crippen LogP contribution in [-0.2, 0) is 22.5 Å². The molecule has 1 N–H and O–H groups in total. The summed E-state index contributed by atoms with van der Waals surface area (Å²) in [7, 11) is 0. The van der Waals surface area contributed by atoms with Crippen LogP contribution in [0.15, 0.2) is 42.5 Å². The van der Waals surface area contributed by atoms with E-state index in [0.717, 1.165) is 36.3 Å². The van der Waals surface area contributed by atoms with E-state index in [1.807, 2.05) is 30.3 Å². The standard InChI is InChI=1S/C13H15NO3S.C6H4Cl2/c15-13-6-3-10-9-11(4-5-12(10)14-13)17-7-1-2-8-18-16;7-5-3-1-2-4-6(5)8/h4-5,8-9H,1-3,6-7H2,(H,14,15);1-4H. The molecule has 1 amide bonds. The lowest BCUT2D eigenvalue weighted by atomic mass is 10.0. The van der Waals surface area contributed by atoms with E-state index in [1.165, 1.54) is 0 Å². The first-order chi connectivity index (χ1) is 12.6. The number of amides is 1. The maximum atomic E-state index is 11.2. The Morgan fingerprint density at radius 1 is 1.12 bits per heavy atom. The summed E-state index contributed by atoms with van der Waals surface area (Å²) in [5.74, 6) is 0.890. The van der Waals surface area contributed by atoms with Gasteiger partial charge in [0.1, 0.15) is 5.75 Å². The molecule has 4 nitrogen and oxygen atoms in total. The van der Waals surface area contributed by atoms with Crippen LogP contribution in [0.3, 0.4) is 0 Å². The smallest absolute Gasteiger partial charge is 0.224 e. The molecule has 0 bridgehead atoms. The lowest BCUT2D eigenvalue weighted by Crippen LogP contribution is -2.18. The normalized spacial score (nSPS) is 12.2. The molecular weight excluding hydrogens is 393 g/mol. The molecule has 1 aliphatic heterocycles. The Kier molecular flexibility index (Phi) is 8.68. The van der Waals surface area contributed by atoms with Crippen molar-refractivity contribution in [3.8, 4) is 5.75 Å². The zero-order valence-electron chi connectivity index (χ0n) is 14.0. The van der Waals surface area contributed by atoms with Crippen molar-refractivity contribution >= 4 is 51.4 Å². The summed E-state index contributed by atoms with van der Waals surface area (Å²) in [6.45, 7) is 0.599. The minimum Gasteiger partial charge on any atom is -0.494 e. The predicted molar refractivity (Wildman–Crippen MR) is 109 cm³/mol. The van der Waals surface area contributed by atoms with Crippen molar-refractivity contribution in [2.24, 2.45) is 0 Å². The molecule has 2 aromatic rings. The second kappa shape index (κ2) is 11.0. The quantitative estimate of drug-likeness (QED) is 0.570. The topological polar surface area (TPSA) is 55.4 Å². The highest BCUT2D eigenvalue weighted by Gasteiger charge is 2.14. The Labute approximate surface area is 166 Å². The number of carbonyl (C=O) groups is 1. The van der Waals surface area contributed by atoms with Gasteiger partial charge in [-0.25, -0.2) is 4.21 Å². The molecule has 0 aromatic heterocycles. The Morgan fingerprint density at radius 3 is 2.50 bits per heavy atom. The van der Waals surface area contributed by atoms with Crippen LogP contribution >= 0.6 is 23.2 Å². The summed E-state index contributed by atoms with van der Waals surface area (Å²) in [5.41, 5.74) is 2.00. The third kappa shape index (κ3) is 6.83. The molecular formula is C19H19Cl2NO3S. The van der Waals surface area contributed by atoms with E-state index in [1.54, 1.807) is 17.5 Å². The van der Waals surface area contributed by atoms with Gasteiger partial charge in [0.15, 0.2) is 0 Å². The number of hydrogen-bond acceptors (Lipinski definition) is 3. The van der Waals surface area contributed by atoms with Crippen LogP contribution in [0.5, 0.6) is 5.75 Å². The molecule has 0 atom stereocenters. The number of anilines is 1. The van der Waals surface area contributed by atoms with Crippen molar-refractivity contribution in [1.29, 1.82) is 0 Å². The maximum absolute atomic E-state index is 11.2. The second-order valence-electron chi connectivity index (χ2n) is 5.53. The molecule has 2 aromatic carbocycles. The van der Waals surface area contributed by atoms with Crippen molar-refractivity contribution in [3.63, 3.8) is 0 Å². The molecule has 7 heteroatoms. The van der Waals surface area contributed by atoms with Gasteiger partial charge in [-0.1, -0.05) is 35.3 Å². The van der Waals surface area contributed by atoms with Gasteiger partial charge in [-0.15, -0.1) is 0 Å². The molecule has 0 unspecified atom stereocenters. The number of unbranched alkanes of at least 4 members (excludes halogenated alkanes) is 1. The van der Waals surface area contributed by atoms with Crippen LogP contribution < -0.4 is 10.1 Å². The van der Waals surface area contributed by atoms with Gasteiger partial charge in [-0.3, -0.25) is 4.79 Å². The van der Waals surface area contributed by atoms with Gasteiger partial charge in [0.05, 0.1) is 27.9 Å². The number of carbonyl (C=O) groups excluding carboxylic acids is 1. The van der Waals surface area contributed by atoms with E-state index in [0.29, 0.717) is 34.3 Å². The van der Waals surface area contributed by atoms with Crippen molar-refractivity contribution < 1.29 is 13.7 Å². The van der Waals surface area contributed by atoms with Crippen molar-refractivity contribution in [3.05, 3.63) is 58.1 Å². The Hall–Kier alpha value is -1.82. The SMILES string of the molecule is Clc1ccccc1Cl.O=S=CCCCOc1ccc2c(c1)CCC(=O)N2. The number of hydrogen-bond donors (Lipinski definition) is 1. The number of fused-ring (bicyclic) bond motifs is 1. The summed E-state index contributed by atoms with van der Waals surface area (Å²) in [6.07, 6.45) is 2.89. The van der Waals surface area contributed by atoms with E-state index in [2.05, 4.69) is 5.32 Å². The highest BCUT2D eigenvalue weighted by atomic mass is 35.5. The van der Waals surface area contributed by atoms with Gasteiger partial charge in [-0.2, -0.15) is 0 Å². The number of nitrogens with one attached hydrogen (secondary N) is 1. The van der Waals surface area contributed by atoms with E-state index < -0.39 is 0 Å². The first-order valence-electron chi connectivity index (χ1n) is 8.16. The van der Waals surface area contributed by atoms with Gasteiger partial charge in [0.2, 0.25) is 5.91 Å². The molecule has 138 valence electrons. The first-order valence-corrected chi connectivity index (χ1v) is 9.72. The van der Waals surface area contributed by atoms with Crippen LogP contribution in [-0.4, -0.2) is 22.1 Å². The third-order valence-corrected chi connectivity index (χ3v) is 4.73. The summed E-state index contributed by atoms with van der Waals surface area (Å²) >= 11 is 11.6. The van der Waals surface area contributed by atoms with Crippen LogP contribution in [0.25, 0.3) is 0 Å². The van der Waals surface area contributed by atoms with Crippen LogP contribution in [0.1, 0.15) is 24.8 Å². The van der Waals surface area contributed by atoms with Crippen molar-refractivity contribution in [2.75, 3.05) is 11.9 Å². The Balaban J connectivity index is 0.000000254. The van der Waals surface area contributed by atoms with Crippen molar-refractivity contribution in [2.45, 2.75) is 25.7 Å². The van der Waals surface area contributed by atoms with Gasteiger partial charge in [-0.05, 0) is 55.2 Å². The number of benzene rings is 2. The molecule has 1 aliphatic rings. The highest BCUT2D eigenvalue weighted by molar-refractivity contribution is 7.64. The molecule has 0 saturated heterocycles. The molecule has 0 radical (unpaired) electrons. The van der Waals surface area contributed by atoms with E-state index in [9.17, 15) is 9.00 Å². The zero-order valence-corrected chi connectivity index (χ0v) is 16.4. The monoisotopic (exact) mass is 411 g/mol. The van der Waals surface area contributed by atoms with E-state index >= 15 is 0 Å². The predicted octanol–water partition coefficient (Wildman–Crippen LogP) is 4.74. The fourth-order valence-electron chi connectivity index (χ4n) is 2.29. The number of rotatable bonds is 5. The van der Waals surface area contributed by atoms with Gasteiger partial charge >= 0.3 is 0 Å². The van der Waals surface area contributed by atoms with Crippen LogP contribution in [0.2, 0.25) is 10.0 Å². The Bertz CT molecular complexity index is 786. The van der Waals surface area contributed by atoms with Crippen LogP contribution in [0, 0.1) is 0 Å². The van der Waals surface area contributed by atoms with Gasteiger partial charge in [0, 0.05) is 17.5 Å². The molecule has 26 heavy (non-hydrogen) atoms. The summed E-state index contributed by atoms with van der Waals surface area (Å²) < 4.78 is 15.7. The van der Waals surface area contributed by atoms with E-state index in [-0.39, 0.29) is 5.91 Å². The fraction of sp³-hybridized carbons (Fsp3) is 0.263. The molecule has 0 spiro atoms. The molecule has 0 fully saturated rings. The summed E-state index contributed by atoms with van der Waals surface area (Å²) in [5, 5.41) is 5.68. The molecule has 0 aliphatic carbocycles. The largest absolute Gasteiger partial charge is 0.494 e. The number of aryl methyl sites for hydroxylation is 1. The molecule has 1 heterocycles. The fourth-order valence-corrected chi connectivity index (χ4v) is 2.83. The number of halogens is 2. The minimum atomic E-state index is 0.0711. The first kappa shape index (κ1) is 20.5. The lowest BCUT2D eigenvalue weighted by molar-refractivity contribution is -0.116. The molecule has 0 saturated carbocycles. The zero-order chi connectivity index (χ0) is 18.8. The number of ether oxygens (including phenoxy) is 1. The summed E-state index contributed by atoms with van der Waals surface area (Å²) in [6, 6.07) is 12.9. The lowest BCUT2D eigenvalue weighted by Gasteiger charge is -2.17. The average Bonchev–Trinajstić information content (AvgIpc) is 2.64. The van der Waals surface area contributed by atoms with Gasteiger partial charge < -0.3 is 10.1 Å². The third-order valence-electron chi connectivity index (χ3n) is 3.60. The minimum absolute atomic E-state index is 0.0711. The van der Waals surface area contributed by atoms with Crippen LogP contribution in [0.4, 0.5) is 5.69 Å². The molecule has 3 rings (SSSR count). The highest BCUT2D eigenvalue weighted by Crippen LogP contribution is 2.26. The van der Waals surface area contributed by atoms with Gasteiger partial charge in [0.25, 0.3) is 0 Å². The van der Waals surface area contributed by atoms with Crippen molar-refractivity contribution in [1.82, 2.24) is 0 Å². The average molecular weight is 412 g/mol. The maximum Gasteiger partial charge on any atom is 0.224 e. The second-order valence-corrected chi connectivity index (χ2v) is 6.88. The summed E-state index contributed by atoms with van der Waals surface area (Å²) in [4.78, 5) is 11.2.